The summed E-state index contributed by atoms with van der Waals surface area (Å²) in [5.41, 5.74) is 2.74. The van der Waals surface area contributed by atoms with Gasteiger partial charge in [0.1, 0.15) is 0 Å². The van der Waals surface area contributed by atoms with E-state index < -0.39 is 18.0 Å². The Hall–Kier alpha value is -1.35. The number of aliphatic hydroxyl groups excluding tert-OH is 1. The Morgan fingerprint density at radius 1 is 1.24 bits per heavy atom. The number of hydrogen-bond acceptors (Lipinski definition) is 2. The summed E-state index contributed by atoms with van der Waals surface area (Å²) >= 11 is 0. The lowest BCUT2D eigenvalue weighted by molar-refractivity contribution is -0.148. The van der Waals surface area contributed by atoms with Gasteiger partial charge >= 0.3 is 5.97 Å². The zero-order chi connectivity index (χ0) is 13.2. The fraction of sp³-hybridized carbons (Fsp3) is 0.500. The van der Waals surface area contributed by atoms with Crippen molar-refractivity contribution in [3.05, 3.63) is 34.9 Å². The van der Waals surface area contributed by atoms with E-state index in [0.29, 0.717) is 5.56 Å². The molecule has 94 valence electrons. The third-order valence-electron chi connectivity index (χ3n) is 3.31. The van der Waals surface area contributed by atoms with Crippen molar-refractivity contribution in [2.75, 3.05) is 0 Å². The van der Waals surface area contributed by atoms with Crippen molar-refractivity contribution in [2.45, 2.75) is 33.8 Å². The van der Waals surface area contributed by atoms with E-state index in [0.717, 1.165) is 11.1 Å². The molecule has 0 aliphatic rings. The molecule has 0 fully saturated rings. The van der Waals surface area contributed by atoms with E-state index >= 15 is 0 Å². The monoisotopic (exact) mass is 236 g/mol. The van der Waals surface area contributed by atoms with E-state index in [1.54, 1.807) is 6.07 Å². The first-order valence-electron chi connectivity index (χ1n) is 5.83. The van der Waals surface area contributed by atoms with Crippen LogP contribution < -0.4 is 0 Å². The normalized spacial score (nSPS) is 14.7. The third kappa shape index (κ3) is 2.86. The highest BCUT2D eigenvalue weighted by atomic mass is 16.4. The molecule has 2 atom stereocenters. The van der Waals surface area contributed by atoms with Crippen LogP contribution >= 0.6 is 0 Å². The number of aliphatic hydroxyl groups is 1. The van der Waals surface area contributed by atoms with Gasteiger partial charge in [0, 0.05) is 0 Å². The van der Waals surface area contributed by atoms with Crippen molar-refractivity contribution in [3.63, 3.8) is 0 Å². The molecule has 0 saturated carbocycles. The van der Waals surface area contributed by atoms with Crippen molar-refractivity contribution in [2.24, 2.45) is 11.8 Å². The first kappa shape index (κ1) is 13.7. The minimum absolute atomic E-state index is 0.109. The first-order chi connectivity index (χ1) is 7.86. The molecule has 17 heavy (non-hydrogen) atoms. The molecule has 3 heteroatoms. The molecule has 0 aliphatic carbocycles. The van der Waals surface area contributed by atoms with Crippen molar-refractivity contribution >= 4 is 5.97 Å². The maximum Gasteiger partial charge on any atom is 0.309 e. The van der Waals surface area contributed by atoms with E-state index in [2.05, 4.69) is 0 Å². The number of benzene rings is 1. The molecule has 0 amide bonds. The van der Waals surface area contributed by atoms with Crippen molar-refractivity contribution < 1.29 is 15.0 Å². The molecule has 0 radical (unpaired) electrons. The van der Waals surface area contributed by atoms with Gasteiger partial charge in [0.15, 0.2) is 0 Å². The van der Waals surface area contributed by atoms with Gasteiger partial charge in [0.05, 0.1) is 12.0 Å². The second-order valence-corrected chi connectivity index (χ2v) is 4.84. The summed E-state index contributed by atoms with van der Waals surface area (Å²) < 4.78 is 0. The Bertz CT molecular complexity index is 410. The van der Waals surface area contributed by atoms with Crippen LogP contribution in [0.2, 0.25) is 0 Å². The van der Waals surface area contributed by atoms with Crippen LogP contribution in [0.15, 0.2) is 18.2 Å². The molecule has 0 aliphatic heterocycles. The lowest BCUT2D eigenvalue weighted by Gasteiger charge is -2.24. The molecule has 0 heterocycles. The highest BCUT2D eigenvalue weighted by Gasteiger charge is 2.31. The van der Waals surface area contributed by atoms with Gasteiger partial charge < -0.3 is 10.2 Å². The maximum atomic E-state index is 11.2. The number of carboxylic acids is 1. The predicted molar refractivity (Wildman–Crippen MR) is 66.8 cm³/mol. The van der Waals surface area contributed by atoms with Crippen molar-refractivity contribution in [3.8, 4) is 0 Å². The van der Waals surface area contributed by atoms with Crippen LogP contribution in [0.3, 0.4) is 0 Å². The average Bonchev–Trinajstić information content (AvgIpc) is 2.20. The lowest BCUT2D eigenvalue weighted by Crippen LogP contribution is -2.27. The molecule has 2 N–H and O–H groups in total. The summed E-state index contributed by atoms with van der Waals surface area (Å²) in [5.74, 6) is -1.83. The van der Waals surface area contributed by atoms with Crippen LogP contribution in [0.1, 0.15) is 36.6 Å². The summed E-state index contributed by atoms with van der Waals surface area (Å²) in [6, 6.07) is 5.60. The highest BCUT2D eigenvalue weighted by molar-refractivity contribution is 5.71. The smallest absolute Gasteiger partial charge is 0.309 e. The van der Waals surface area contributed by atoms with Gasteiger partial charge in [-0.2, -0.15) is 0 Å². The van der Waals surface area contributed by atoms with Crippen LogP contribution in [0.25, 0.3) is 0 Å². The number of aryl methyl sites for hydroxylation is 1. The SMILES string of the molecule is Cc1cccc(C(O)C(C(=O)O)C(C)C)c1C. The first-order valence-corrected chi connectivity index (χ1v) is 5.83. The Balaban J connectivity index is 3.14. The lowest BCUT2D eigenvalue weighted by atomic mass is 9.84. The molecule has 0 saturated heterocycles. The second-order valence-electron chi connectivity index (χ2n) is 4.84. The number of carboxylic acid groups (broad SMARTS) is 1. The molecule has 1 aromatic rings. The van der Waals surface area contributed by atoms with Gasteiger partial charge in [-0.25, -0.2) is 0 Å². The summed E-state index contributed by atoms with van der Waals surface area (Å²) in [5, 5.41) is 19.4. The summed E-state index contributed by atoms with van der Waals surface area (Å²) in [6.07, 6.45) is -0.951. The zero-order valence-corrected chi connectivity index (χ0v) is 10.8. The second kappa shape index (κ2) is 5.32. The van der Waals surface area contributed by atoms with Crippen LogP contribution in [0, 0.1) is 25.7 Å². The van der Waals surface area contributed by atoms with E-state index in [9.17, 15) is 15.0 Å². The predicted octanol–water partition coefficient (Wildman–Crippen LogP) is 2.69. The van der Waals surface area contributed by atoms with Gasteiger partial charge in [0.25, 0.3) is 0 Å². The zero-order valence-electron chi connectivity index (χ0n) is 10.8. The molecule has 1 rings (SSSR count). The summed E-state index contributed by atoms with van der Waals surface area (Å²) in [4.78, 5) is 11.2. The van der Waals surface area contributed by atoms with Crippen LogP contribution in [-0.2, 0) is 4.79 Å². The average molecular weight is 236 g/mol. The van der Waals surface area contributed by atoms with Crippen LogP contribution in [0.4, 0.5) is 0 Å². The molecule has 1 aromatic carbocycles. The van der Waals surface area contributed by atoms with E-state index in [1.165, 1.54) is 0 Å². The molecule has 0 spiro atoms. The Morgan fingerprint density at radius 2 is 1.82 bits per heavy atom. The number of rotatable bonds is 4. The molecule has 0 aromatic heterocycles. The van der Waals surface area contributed by atoms with Gasteiger partial charge in [0.2, 0.25) is 0 Å². The highest BCUT2D eigenvalue weighted by Crippen LogP contribution is 2.31. The third-order valence-corrected chi connectivity index (χ3v) is 3.31. The van der Waals surface area contributed by atoms with Crippen molar-refractivity contribution in [1.82, 2.24) is 0 Å². The summed E-state index contributed by atoms with van der Waals surface area (Å²) in [6.45, 7) is 7.49. The molecular weight excluding hydrogens is 216 g/mol. The van der Waals surface area contributed by atoms with Gasteiger partial charge in [-0.15, -0.1) is 0 Å². The van der Waals surface area contributed by atoms with E-state index in [-0.39, 0.29) is 5.92 Å². The Morgan fingerprint density at radius 3 is 2.29 bits per heavy atom. The standard InChI is InChI=1S/C14H20O3/c1-8(2)12(14(16)17)13(15)11-7-5-6-9(3)10(11)4/h5-8,12-13,15H,1-4H3,(H,16,17). The van der Waals surface area contributed by atoms with Crippen LogP contribution in [-0.4, -0.2) is 16.2 Å². The van der Waals surface area contributed by atoms with Crippen molar-refractivity contribution in [1.29, 1.82) is 0 Å². The Kier molecular flexibility index (Phi) is 4.29. The maximum absolute atomic E-state index is 11.2. The van der Waals surface area contributed by atoms with Gasteiger partial charge in [-0.3, -0.25) is 4.79 Å². The van der Waals surface area contributed by atoms with Gasteiger partial charge in [-0.1, -0.05) is 32.0 Å². The minimum atomic E-state index is -0.951. The van der Waals surface area contributed by atoms with Gasteiger partial charge in [-0.05, 0) is 36.5 Å². The number of aliphatic carboxylic acids is 1. The fourth-order valence-electron chi connectivity index (χ4n) is 2.07. The number of hydrogen-bond donors (Lipinski definition) is 2. The van der Waals surface area contributed by atoms with E-state index in [4.69, 9.17) is 0 Å². The number of carbonyl (C=O) groups is 1. The molecular formula is C14H20O3. The Labute approximate surface area is 102 Å². The largest absolute Gasteiger partial charge is 0.481 e. The van der Waals surface area contributed by atoms with E-state index in [1.807, 2.05) is 39.8 Å². The molecule has 2 unspecified atom stereocenters. The fourth-order valence-corrected chi connectivity index (χ4v) is 2.07. The minimum Gasteiger partial charge on any atom is -0.481 e. The molecule has 3 nitrogen and oxygen atoms in total. The summed E-state index contributed by atoms with van der Waals surface area (Å²) in [7, 11) is 0. The van der Waals surface area contributed by atoms with Crippen LogP contribution in [0.5, 0.6) is 0 Å². The topological polar surface area (TPSA) is 57.5 Å². The quantitative estimate of drug-likeness (QED) is 0.845. The molecule has 0 bridgehead atoms.